The maximum Gasteiger partial charge on any atom is 0.339 e. The van der Waals surface area contributed by atoms with Crippen molar-refractivity contribution in [3.8, 4) is 11.5 Å². The molecule has 0 spiro atoms. The largest absolute Gasteiger partial charge is 0.493 e. The number of nitrogens with zero attached hydrogens (tertiary/aromatic N) is 1. The van der Waals surface area contributed by atoms with Crippen LogP contribution in [0.1, 0.15) is 41.6 Å². The third kappa shape index (κ3) is 5.24. The predicted octanol–water partition coefficient (Wildman–Crippen LogP) is 4.47. The molecule has 2 N–H and O–H groups in total. The van der Waals surface area contributed by atoms with Gasteiger partial charge in [-0.15, -0.1) is 0 Å². The van der Waals surface area contributed by atoms with E-state index in [0.717, 1.165) is 31.1 Å². The number of rotatable bonds is 7. The molecule has 0 amide bonds. The van der Waals surface area contributed by atoms with E-state index in [1.807, 2.05) is 23.1 Å². The Balaban J connectivity index is 1.67. The van der Waals surface area contributed by atoms with Crippen molar-refractivity contribution in [3.63, 3.8) is 0 Å². The van der Waals surface area contributed by atoms with Crippen molar-refractivity contribution < 1.29 is 19.0 Å². The number of fused-ring (bicyclic) bond motifs is 1. The van der Waals surface area contributed by atoms with Crippen LogP contribution in [-0.4, -0.2) is 48.3 Å². The molecule has 0 radical (unpaired) electrons. The monoisotopic (exact) mass is 495 g/mol. The van der Waals surface area contributed by atoms with Crippen molar-refractivity contribution in [1.82, 2.24) is 9.88 Å². The smallest absolute Gasteiger partial charge is 0.339 e. The van der Waals surface area contributed by atoms with Gasteiger partial charge in [0.15, 0.2) is 16.6 Å². The van der Waals surface area contributed by atoms with Gasteiger partial charge in [-0.05, 0) is 49.3 Å². The van der Waals surface area contributed by atoms with Crippen LogP contribution < -0.4 is 20.3 Å². The molecule has 1 aliphatic rings. The van der Waals surface area contributed by atoms with Crippen molar-refractivity contribution in [1.29, 1.82) is 0 Å². The molecule has 1 aliphatic carbocycles. The van der Waals surface area contributed by atoms with Crippen molar-refractivity contribution in [2.75, 3.05) is 26.6 Å². The number of aromatic amines is 1. The summed E-state index contributed by atoms with van der Waals surface area (Å²) in [4.78, 5) is 30.2. The summed E-state index contributed by atoms with van der Waals surface area (Å²) in [5.74, 6) is 0.687. The number of carbonyl (C=O) groups is 1. The van der Waals surface area contributed by atoms with Crippen LogP contribution in [0, 0.1) is 0 Å². The number of hydrogen-bond acceptors (Lipinski definition) is 6. The van der Waals surface area contributed by atoms with Crippen LogP contribution in [0.2, 0.25) is 0 Å². The minimum Gasteiger partial charge on any atom is -0.493 e. The van der Waals surface area contributed by atoms with Gasteiger partial charge in [-0.3, -0.25) is 4.79 Å². The molecule has 0 saturated heterocycles. The van der Waals surface area contributed by atoms with Gasteiger partial charge in [0.2, 0.25) is 0 Å². The van der Waals surface area contributed by atoms with Crippen LogP contribution in [0.15, 0.2) is 47.3 Å². The Bertz CT molecular complexity index is 1300. The minimum absolute atomic E-state index is 0.189. The number of hydrogen-bond donors (Lipinski definition) is 2. The van der Waals surface area contributed by atoms with Crippen LogP contribution in [0.25, 0.3) is 10.9 Å². The van der Waals surface area contributed by atoms with Gasteiger partial charge in [-0.2, -0.15) is 0 Å². The van der Waals surface area contributed by atoms with Gasteiger partial charge in [-0.1, -0.05) is 25.0 Å². The molecule has 8 nitrogen and oxygen atoms in total. The minimum atomic E-state index is -0.446. The zero-order chi connectivity index (χ0) is 24.9. The first kappa shape index (κ1) is 24.5. The van der Waals surface area contributed by atoms with E-state index in [9.17, 15) is 9.59 Å². The molecule has 4 rings (SSSR count). The van der Waals surface area contributed by atoms with Crippen LogP contribution >= 0.6 is 12.2 Å². The molecule has 1 saturated carbocycles. The maximum atomic E-state index is 13.0. The van der Waals surface area contributed by atoms with E-state index in [1.54, 1.807) is 38.5 Å². The van der Waals surface area contributed by atoms with Crippen LogP contribution in [0.4, 0.5) is 5.69 Å². The Kier molecular flexibility index (Phi) is 7.55. The number of benzene rings is 2. The lowest BCUT2D eigenvalue weighted by atomic mass is 10.1. The van der Waals surface area contributed by atoms with Gasteiger partial charge in [0, 0.05) is 23.1 Å². The molecule has 9 heteroatoms. The van der Waals surface area contributed by atoms with Crippen LogP contribution in [0.3, 0.4) is 0 Å². The number of aromatic nitrogens is 1. The average Bonchev–Trinajstić information content (AvgIpc) is 3.41. The average molecular weight is 496 g/mol. The molecule has 1 heterocycles. The normalized spacial score (nSPS) is 13.5. The van der Waals surface area contributed by atoms with Crippen LogP contribution in [-0.2, 0) is 11.3 Å². The number of thiocarbonyl (C=S) groups is 1. The highest BCUT2D eigenvalue weighted by atomic mass is 32.1. The number of ether oxygens (including phenoxy) is 3. The van der Waals surface area contributed by atoms with E-state index >= 15 is 0 Å². The Labute approximate surface area is 209 Å². The topological polar surface area (TPSA) is 92.9 Å². The molecule has 1 aromatic heterocycles. The number of esters is 1. The lowest BCUT2D eigenvalue weighted by molar-refractivity contribution is 0.0602. The van der Waals surface area contributed by atoms with E-state index in [-0.39, 0.29) is 11.6 Å². The van der Waals surface area contributed by atoms with Crippen molar-refractivity contribution in [2.24, 2.45) is 0 Å². The number of anilines is 1. The highest BCUT2D eigenvalue weighted by molar-refractivity contribution is 7.80. The summed E-state index contributed by atoms with van der Waals surface area (Å²) in [6, 6.07) is 12.7. The standard InChI is InChI=1S/C26H29N3O5S/c1-32-22-13-16-12-17(24(30)27-21(16)14-23(22)33-2)15-29(18-8-4-5-9-18)26(35)28-20-11-7-6-10-19(20)25(31)34-3/h6-7,10-14,18H,4-5,8-9,15H2,1-3H3,(H,27,30)(H,28,35). The van der Waals surface area contributed by atoms with E-state index in [1.165, 1.54) is 7.11 Å². The molecule has 184 valence electrons. The summed E-state index contributed by atoms with van der Waals surface area (Å²) in [5.41, 5.74) is 2.02. The maximum absolute atomic E-state index is 13.0. The predicted molar refractivity (Wildman–Crippen MR) is 139 cm³/mol. The molecule has 35 heavy (non-hydrogen) atoms. The molecule has 0 aliphatic heterocycles. The van der Waals surface area contributed by atoms with E-state index in [4.69, 9.17) is 26.4 Å². The third-order valence-electron chi connectivity index (χ3n) is 6.37. The molecule has 0 bridgehead atoms. The van der Waals surface area contributed by atoms with Crippen LogP contribution in [0.5, 0.6) is 11.5 Å². The number of nitrogens with one attached hydrogen (secondary N) is 2. The molecular formula is C26H29N3O5S. The van der Waals surface area contributed by atoms with Crippen molar-refractivity contribution in [2.45, 2.75) is 38.3 Å². The second-order valence-electron chi connectivity index (χ2n) is 8.45. The number of pyridine rings is 1. The number of para-hydroxylation sites is 1. The number of H-pyrrole nitrogens is 1. The zero-order valence-corrected chi connectivity index (χ0v) is 20.9. The second-order valence-corrected chi connectivity index (χ2v) is 8.84. The van der Waals surface area contributed by atoms with Gasteiger partial charge in [0.25, 0.3) is 5.56 Å². The Morgan fingerprint density at radius 2 is 1.77 bits per heavy atom. The quantitative estimate of drug-likeness (QED) is 0.366. The Morgan fingerprint density at radius 1 is 1.09 bits per heavy atom. The SMILES string of the molecule is COC(=O)c1ccccc1NC(=S)N(Cc1cc2cc(OC)c(OC)cc2[nH]c1=O)C1CCCC1. The fourth-order valence-corrected chi connectivity index (χ4v) is 4.85. The summed E-state index contributed by atoms with van der Waals surface area (Å²) in [7, 11) is 4.48. The Morgan fingerprint density at radius 3 is 2.46 bits per heavy atom. The zero-order valence-electron chi connectivity index (χ0n) is 20.1. The van der Waals surface area contributed by atoms with Gasteiger partial charge in [-0.25, -0.2) is 4.79 Å². The highest BCUT2D eigenvalue weighted by Gasteiger charge is 2.26. The summed E-state index contributed by atoms with van der Waals surface area (Å²) in [6.07, 6.45) is 4.18. The fourth-order valence-electron chi connectivity index (χ4n) is 4.53. The van der Waals surface area contributed by atoms with E-state index < -0.39 is 5.97 Å². The summed E-state index contributed by atoms with van der Waals surface area (Å²) >= 11 is 5.80. The first-order valence-electron chi connectivity index (χ1n) is 11.5. The molecule has 1 fully saturated rings. The molecule has 2 aromatic carbocycles. The highest BCUT2D eigenvalue weighted by Crippen LogP contribution is 2.32. The second kappa shape index (κ2) is 10.8. The molecular weight excluding hydrogens is 466 g/mol. The third-order valence-corrected chi connectivity index (χ3v) is 6.70. The molecule has 0 unspecified atom stereocenters. The van der Waals surface area contributed by atoms with E-state index in [0.29, 0.717) is 45.5 Å². The van der Waals surface area contributed by atoms with Gasteiger partial charge in [0.05, 0.1) is 44.6 Å². The van der Waals surface area contributed by atoms with Crippen molar-refractivity contribution in [3.05, 3.63) is 63.9 Å². The number of carbonyl (C=O) groups excluding carboxylic acids is 1. The summed E-state index contributed by atoms with van der Waals surface area (Å²) in [6.45, 7) is 0.330. The summed E-state index contributed by atoms with van der Waals surface area (Å²) < 4.78 is 15.7. The lowest BCUT2D eigenvalue weighted by Gasteiger charge is -2.32. The number of methoxy groups -OCH3 is 3. The molecule has 0 atom stereocenters. The molecule has 3 aromatic rings. The fraction of sp³-hybridized carbons (Fsp3) is 0.346. The lowest BCUT2D eigenvalue weighted by Crippen LogP contribution is -2.42. The first-order valence-corrected chi connectivity index (χ1v) is 11.9. The van der Waals surface area contributed by atoms with Gasteiger partial charge >= 0.3 is 5.97 Å². The van der Waals surface area contributed by atoms with Gasteiger partial charge < -0.3 is 29.4 Å². The first-order chi connectivity index (χ1) is 16.9. The van der Waals surface area contributed by atoms with Gasteiger partial charge in [0.1, 0.15) is 0 Å². The summed E-state index contributed by atoms with van der Waals surface area (Å²) in [5, 5.41) is 4.51. The Hall–Kier alpha value is -3.59. The van der Waals surface area contributed by atoms with Crippen molar-refractivity contribution >= 4 is 39.9 Å². The van der Waals surface area contributed by atoms with E-state index in [2.05, 4.69) is 10.3 Å².